The number of aromatic amines is 1. The third kappa shape index (κ3) is 2.85. The summed E-state index contributed by atoms with van der Waals surface area (Å²) in [6.45, 7) is 5.97. The Morgan fingerprint density at radius 1 is 1.45 bits per heavy atom. The maximum atomic E-state index is 12.3. The second-order valence-corrected chi connectivity index (χ2v) is 5.78. The number of anilines is 2. The third-order valence-corrected chi connectivity index (χ3v) is 3.84. The zero-order valence-corrected chi connectivity index (χ0v) is 13.2. The lowest BCUT2D eigenvalue weighted by Crippen LogP contribution is -2.14. The van der Waals surface area contributed by atoms with E-state index in [4.69, 9.17) is 5.73 Å². The van der Waals surface area contributed by atoms with E-state index in [1.54, 1.807) is 12.1 Å². The van der Waals surface area contributed by atoms with Crippen molar-refractivity contribution in [3.63, 3.8) is 0 Å². The van der Waals surface area contributed by atoms with E-state index in [-0.39, 0.29) is 11.8 Å². The quantitative estimate of drug-likeness (QED) is 0.750. The van der Waals surface area contributed by atoms with Gasteiger partial charge in [-0.25, -0.2) is 0 Å². The summed E-state index contributed by atoms with van der Waals surface area (Å²) in [6, 6.07) is 5.40. The Kier molecular flexibility index (Phi) is 4.13. The molecule has 0 saturated carbocycles. The molecule has 1 aromatic heterocycles. The summed E-state index contributed by atoms with van der Waals surface area (Å²) in [5, 5.41) is 9.78. The molecule has 2 rings (SSSR count). The van der Waals surface area contributed by atoms with Gasteiger partial charge in [-0.05, 0) is 46.5 Å². The number of hydrogen-bond acceptors (Lipinski definition) is 3. The number of carbonyl (C=O) groups is 1. The Morgan fingerprint density at radius 2 is 2.15 bits per heavy atom. The molecule has 0 bridgehead atoms. The zero-order chi connectivity index (χ0) is 14.9. The van der Waals surface area contributed by atoms with Crippen molar-refractivity contribution in [1.82, 2.24) is 10.2 Å². The number of rotatable bonds is 3. The number of nitrogens with one attached hydrogen (secondary N) is 2. The molecule has 0 atom stereocenters. The molecule has 2 aromatic rings. The highest BCUT2D eigenvalue weighted by Gasteiger charge is 2.19. The molecule has 0 spiro atoms. The fourth-order valence-electron chi connectivity index (χ4n) is 1.83. The Balaban J connectivity index is 2.26. The minimum atomic E-state index is -0.270. The number of hydrogen-bond donors (Lipinski definition) is 3. The molecule has 0 saturated heterocycles. The summed E-state index contributed by atoms with van der Waals surface area (Å²) in [6.07, 6.45) is 0. The zero-order valence-electron chi connectivity index (χ0n) is 11.6. The van der Waals surface area contributed by atoms with Crippen LogP contribution in [0.25, 0.3) is 0 Å². The van der Waals surface area contributed by atoms with Crippen molar-refractivity contribution in [3.05, 3.63) is 39.6 Å². The molecule has 1 heterocycles. The molecule has 0 unspecified atom stereocenters. The number of nitrogen functional groups attached to an aromatic ring is 1. The number of benzene rings is 1. The highest BCUT2D eigenvalue weighted by atomic mass is 79.9. The monoisotopic (exact) mass is 336 g/mol. The molecule has 0 aliphatic carbocycles. The van der Waals surface area contributed by atoms with Gasteiger partial charge in [0.1, 0.15) is 0 Å². The minimum absolute atomic E-state index is 0.257. The average Bonchev–Trinajstić information content (AvgIpc) is 2.76. The van der Waals surface area contributed by atoms with Crippen LogP contribution in [0.4, 0.5) is 11.4 Å². The summed E-state index contributed by atoms with van der Waals surface area (Å²) in [4.78, 5) is 12.3. The number of aryl methyl sites for hydroxylation is 1. The molecule has 4 N–H and O–H groups in total. The van der Waals surface area contributed by atoms with E-state index in [0.29, 0.717) is 21.5 Å². The number of H-pyrrole nitrogens is 1. The lowest BCUT2D eigenvalue weighted by Gasteiger charge is -2.08. The molecule has 106 valence electrons. The second-order valence-electron chi connectivity index (χ2n) is 4.98. The van der Waals surface area contributed by atoms with Crippen molar-refractivity contribution < 1.29 is 4.79 Å². The summed E-state index contributed by atoms with van der Waals surface area (Å²) in [5.74, 6) is -0.0127. The highest BCUT2D eigenvalue weighted by Crippen LogP contribution is 2.26. The summed E-state index contributed by atoms with van der Waals surface area (Å²) >= 11 is 3.42. The predicted octanol–water partition coefficient (Wildman–Crippen LogP) is 3.44. The van der Waals surface area contributed by atoms with Crippen molar-refractivity contribution in [2.45, 2.75) is 26.7 Å². The van der Waals surface area contributed by atoms with E-state index < -0.39 is 0 Å². The number of aromatic nitrogens is 2. The van der Waals surface area contributed by atoms with Crippen LogP contribution >= 0.6 is 15.9 Å². The van der Waals surface area contributed by atoms with Gasteiger partial charge in [-0.15, -0.1) is 0 Å². The van der Waals surface area contributed by atoms with Gasteiger partial charge in [0.15, 0.2) is 5.69 Å². The lowest BCUT2D eigenvalue weighted by molar-refractivity contribution is 0.102. The second kappa shape index (κ2) is 5.66. The fourth-order valence-corrected chi connectivity index (χ4v) is 2.65. The summed E-state index contributed by atoms with van der Waals surface area (Å²) in [7, 11) is 0. The van der Waals surface area contributed by atoms with Crippen LogP contribution in [0.2, 0.25) is 0 Å². The van der Waals surface area contributed by atoms with Gasteiger partial charge in [-0.2, -0.15) is 5.10 Å². The van der Waals surface area contributed by atoms with Crippen LogP contribution in [0, 0.1) is 6.92 Å². The molecule has 5 nitrogen and oxygen atoms in total. The Hall–Kier alpha value is -1.82. The maximum Gasteiger partial charge on any atom is 0.277 e. The van der Waals surface area contributed by atoms with Gasteiger partial charge in [-0.3, -0.25) is 9.89 Å². The number of halogens is 1. The first-order chi connectivity index (χ1) is 9.40. The lowest BCUT2D eigenvalue weighted by atomic mass is 10.1. The van der Waals surface area contributed by atoms with E-state index >= 15 is 0 Å². The van der Waals surface area contributed by atoms with Crippen LogP contribution in [0.3, 0.4) is 0 Å². The molecule has 1 amide bonds. The van der Waals surface area contributed by atoms with Crippen LogP contribution in [0.15, 0.2) is 22.7 Å². The van der Waals surface area contributed by atoms with E-state index in [2.05, 4.69) is 31.4 Å². The van der Waals surface area contributed by atoms with Gasteiger partial charge in [0.05, 0.1) is 10.2 Å². The largest absolute Gasteiger partial charge is 0.399 e. The maximum absolute atomic E-state index is 12.3. The van der Waals surface area contributed by atoms with Gasteiger partial charge in [0.25, 0.3) is 5.91 Å². The van der Waals surface area contributed by atoms with Crippen LogP contribution in [-0.2, 0) is 0 Å². The van der Waals surface area contributed by atoms with Gasteiger partial charge in [0, 0.05) is 11.4 Å². The molecule has 1 aromatic carbocycles. The fraction of sp³-hybridized carbons (Fsp3) is 0.286. The summed E-state index contributed by atoms with van der Waals surface area (Å²) in [5.41, 5.74) is 9.22. The van der Waals surface area contributed by atoms with Crippen molar-refractivity contribution in [1.29, 1.82) is 0 Å². The first-order valence-electron chi connectivity index (χ1n) is 6.31. The molecule has 0 aliphatic rings. The van der Waals surface area contributed by atoms with Crippen molar-refractivity contribution >= 4 is 33.2 Å². The molecule has 0 aliphatic heterocycles. The Labute approximate surface area is 126 Å². The first kappa shape index (κ1) is 14.6. The Bertz CT molecular complexity index is 649. The SMILES string of the molecule is Cc1ccc(N)cc1NC(=O)c1n[nH]c(C(C)C)c1Br. The number of amides is 1. The van der Waals surface area contributed by atoms with Crippen LogP contribution in [-0.4, -0.2) is 16.1 Å². The van der Waals surface area contributed by atoms with Crippen LogP contribution in [0.1, 0.15) is 41.5 Å². The molecular weight excluding hydrogens is 320 g/mol. The van der Waals surface area contributed by atoms with Gasteiger partial charge < -0.3 is 11.1 Å². The molecule has 0 fully saturated rings. The highest BCUT2D eigenvalue weighted by molar-refractivity contribution is 9.10. The average molecular weight is 337 g/mol. The minimum Gasteiger partial charge on any atom is -0.399 e. The van der Waals surface area contributed by atoms with E-state index in [0.717, 1.165) is 11.3 Å². The van der Waals surface area contributed by atoms with Gasteiger partial charge >= 0.3 is 0 Å². The van der Waals surface area contributed by atoms with E-state index in [9.17, 15) is 4.79 Å². The van der Waals surface area contributed by atoms with Crippen molar-refractivity contribution in [2.75, 3.05) is 11.1 Å². The Morgan fingerprint density at radius 3 is 2.75 bits per heavy atom. The van der Waals surface area contributed by atoms with E-state index in [1.165, 1.54) is 0 Å². The third-order valence-electron chi connectivity index (χ3n) is 3.03. The smallest absolute Gasteiger partial charge is 0.277 e. The summed E-state index contributed by atoms with van der Waals surface area (Å²) < 4.78 is 0.701. The van der Waals surface area contributed by atoms with Crippen molar-refractivity contribution in [2.24, 2.45) is 0 Å². The molecule has 20 heavy (non-hydrogen) atoms. The van der Waals surface area contributed by atoms with Gasteiger partial charge in [0.2, 0.25) is 0 Å². The van der Waals surface area contributed by atoms with Crippen LogP contribution in [0.5, 0.6) is 0 Å². The number of nitrogens with zero attached hydrogens (tertiary/aromatic N) is 1. The molecular formula is C14H17BrN4O. The normalized spacial score (nSPS) is 10.8. The van der Waals surface area contributed by atoms with Gasteiger partial charge in [-0.1, -0.05) is 19.9 Å². The van der Waals surface area contributed by atoms with Crippen molar-refractivity contribution in [3.8, 4) is 0 Å². The topological polar surface area (TPSA) is 83.8 Å². The first-order valence-corrected chi connectivity index (χ1v) is 7.10. The predicted molar refractivity (Wildman–Crippen MR) is 83.9 cm³/mol. The number of nitrogens with two attached hydrogens (primary N) is 1. The molecule has 6 heteroatoms. The standard InChI is InChI=1S/C14H17BrN4O/c1-7(2)12-11(15)13(19-18-12)14(20)17-10-6-9(16)5-4-8(10)3/h4-7H,16H2,1-3H3,(H,17,20)(H,18,19). The number of carbonyl (C=O) groups excluding carboxylic acids is 1. The molecule has 0 radical (unpaired) electrons. The van der Waals surface area contributed by atoms with E-state index in [1.807, 2.05) is 26.8 Å². The van der Waals surface area contributed by atoms with Crippen LogP contribution < -0.4 is 11.1 Å².